The van der Waals surface area contributed by atoms with E-state index in [9.17, 15) is 76.9 Å². The van der Waals surface area contributed by atoms with Crippen molar-refractivity contribution in [2.75, 3.05) is 35.8 Å². The van der Waals surface area contributed by atoms with Crippen LogP contribution in [0.15, 0.2) is 156 Å². The van der Waals surface area contributed by atoms with Gasteiger partial charge in [-0.15, -0.1) is 6.42 Å². The number of ketones is 3. The molecule has 12 rings (SSSR count). The summed E-state index contributed by atoms with van der Waals surface area (Å²) in [4.78, 5) is 64.0. The van der Waals surface area contributed by atoms with Crippen LogP contribution in [0.25, 0.3) is 0 Å². The first-order valence-corrected chi connectivity index (χ1v) is 39.2. The van der Waals surface area contributed by atoms with Crippen LogP contribution in [-0.2, 0) is 49.6 Å². The lowest BCUT2D eigenvalue weighted by atomic mass is 10.0. The second-order valence-corrected chi connectivity index (χ2v) is 30.9. The van der Waals surface area contributed by atoms with E-state index in [4.69, 9.17) is 26.3 Å². The summed E-state index contributed by atoms with van der Waals surface area (Å²) < 4.78 is 159. The molecule has 3 aliphatic rings. The van der Waals surface area contributed by atoms with E-state index in [0.717, 1.165) is 40.0 Å². The average Bonchev–Trinajstić information content (AvgIpc) is 1.71. The van der Waals surface area contributed by atoms with Gasteiger partial charge in [0.25, 0.3) is 0 Å². The summed E-state index contributed by atoms with van der Waals surface area (Å²) in [6, 6.07) is 19.3. The molecule has 0 spiro atoms. The number of rotatable bonds is 28. The Morgan fingerprint density at radius 2 is 1.14 bits per heavy atom. The first-order chi connectivity index (χ1) is 52.5. The minimum atomic E-state index is -4.63. The third-order valence-electron chi connectivity index (χ3n) is 18.8. The number of nitrogens with one attached hydrogen (secondary N) is 3. The maximum absolute atomic E-state index is 14.8. The Labute approximate surface area is 641 Å². The zero-order valence-corrected chi connectivity index (χ0v) is 63.1. The second kappa shape index (κ2) is 35.8. The van der Waals surface area contributed by atoms with Gasteiger partial charge in [-0.05, 0) is 112 Å². The minimum absolute atomic E-state index is 0.0208. The van der Waals surface area contributed by atoms with Gasteiger partial charge in [0.1, 0.15) is 60.2 Å². The van der Waals surface area contributed by atoms with E-state index in [0.29, 0.717) is 24.2 Å². The number of alkyl halides is 5. The monoisotopic (exact) mass is 1670 g/mol. The Morgan fingerprint density at radius 1 is 0.640 bits per heavy atom. The first-order valence-electron chi connectivity index (χ1n) is 34.0. The highest BCUT2D eigenvalue weighted by Gasteiger charge is 2.46. The van der Waals surface area contributed by atoms with Crippen LogP contribution in [0, 0.1) is 30.1 Å². The fourth-order valence-corrected chi connectivity index (χ4v) is 14.5. The summed E-state index contributed by atoms with van der Waals surface area (Å²) in [5.74, 6) is -1.53. The van der Waals surface area contributed by atoms with Crippen molar-refractivity contribution in [3.8, 4) is 12.3 Å². The molecule has 592 valence electrons. The number of hydrogen-bond acceptors (Lipinski definition) is 26. The number of nitrogens with zero attached hydrogens (tertiary/aromatic N) is 10. The maximum atomic E-state index is 14.8. The van der Waals surface area contributed by atoms with Crippen LogP contribution in [0.5, 0.6) is 0 Å². The zero-order chi connectivity index (χ0) is 80.4. The lowest BCUT2D eigenvalue weighted by Gasteiger charge is -2.18. The van der Waals surface area contributed by atoms with E-state index in [1.807, 2.05) is 66.2 Å². The first kappa shape index (κ1) is 83.8. The predicted molar refractivity (Wildman–Crippen MR) is 392 cm³/mol. The molecule has 0 saturated heterocycles. The molecular formula is C70H76BrF5N16O16S3. The molecule has 0 amide bonds. The van der Waals surface area contributed by atoms with E-state index in [1.54, 1.807) is 36.1 Å². The van der Waals surface area contributed by atoms with Crippen LogP contribution in [-0.4, -0.2) is 175 Å². The quantitative estimate of drug-likeness (QED) is 0.0140. The Bertz CT molecular complexity index is 5190. The highest BCUT2D eigenvalue weighted by Crippen LogP contribution is 2.38. The molecule has 0 bridgehead atoms. The number of aromatic nitrogens is 10. The number of aliphatic hydroxyl groups excluding tert-OH is 3. The zero-order valence-electron chi connectivity index (χ0n) is 59.0. The van der Waals surface area contributed by atoms with Gasteiger partial charge in [-0.1, -0.05) is 53.0 Å². The van der Waals surface area contributed by atoms with E-state index in [-0.39, 0.29) is 94.5 Å². The smallest absolute Gasteiger partial charge is 0.449 e. The van der Waals surface area contributed by atoms with Crippen LogP contribution in [0.1, 0.15) is 147 Å². The van der Waals surface area contributed by atoms with Crippen LogP contribution < -0.4 is 31.4 Å². The van der Waals surface area contributed by atoms with E-state index in [1.165, 1.54) is 60.3 Å². The van der Waals surface area contributed by atoms with E-state index in [2.05, 4.69) is 92.3 Å². The number of benzene rings is 2. The molecule has 3 unspecified atom stereocenters. The van der Waals surface area contributed by atoms with Crippen molar-refractivity contribution in [3.05, 3.63) is 214 Å². The molecule has 3 saturated carbocycles. The average molecular weight is 1670 g/mol. The fraction of sp³-hybridized carbons (Fsp3) is 0.371. The molecule has 7 aromatic heterocycles. The van der Waals surface area contributed by atoms with Crippen molar-refractivity contribution in [2.45, 2.75) is 126 Å². The van der Waals surface area contributed by atoms with Crippen molar-refractivity contribution in [3.63, 3.8) is 0 Å². The standard InChI is InChI=1S/C24H27BrFN5O5S.C24H26N6O5S.C22H23F4N5O6S/c1-2-20(14-4-3-5-17(25)8-14)31-7-6-15(11-31)22(32)18-10-28-13-29-24(18)30-19-9-16(23(33)21(19)26)12-36-37(27,34)35;1-3-16-5-4-6-17(9-16)15(2)30-8-7-21(29-30)23(32)20-12-26-14-27-24(20)28-19-10-18(22(31)11-19)13-35-36(25,33)34;1-11(16-2-3-17(37-16)22(24,25)26)31-5-4-12(8-31)19(32)14-7-28-10-29-21(14)30-15-6-13(20(33)18(15)23)9-36-38(27,34)35/h3-8,10-11,13,16,19-21,23,33H,2,9,12H2,1H3,(H2,27,34,35)(H,28,29,30);1,4-9,12,14-15,18-19,22,31H,10-11,13H2,2H3,(H2,25,33,34)(H,26,27,28);2-5,7-8,10-11,13,15,18,20,33H,6,9H2,1H3,(H2,27,34,35)(H,28,29,30)/t16-,19-,20?,21-,23-;15?,18-,19-,22+;11?,13-,15-,18-,20-/m111/s1. The minimum Gasteiger partial charge on any atom is -0.454 e. The second-order valence-electron chi connectivity index (χ2n) is 26.4. The van der Waals surface area contributed by atoms with Crippen molar-refractivity contribution in [2.24, 2.45) is 33.2 Å². The van der Waals surface area contributed by atoms with Gasteiger partial charge in [0.15, 0.2) is 11.6 Å². The molecule has 0 radical (unpaired) electrons. The molecule has 0 aliphatic heterocycles. The molecule has 9 aromatic rings. The van der Waals surface area contributed by atoms with Crippen LogP contribution in [0.4, 0.5) is 39.4 Å². The molecule has 2 aromatic carbocycles. The van der Waals surface area contributed by atoms with Crippen molar-refractivity contribution in [1.82, 2.24) is 48.8 Å². The molecular weight excluding hydrogens is 1590 g/mol. The van der Waals surface area contributed by atoms with E-state index < -0.39 is 128 Å². The Kier molecular flexibility index (Phi) is 27.0. The summed E-state index contributed by atoms with van der Waals surface area (Å²) >= 11 is 3.50. The lowest BCUT2D eigenvalue weighted by Crippen LogP contribution is -2.33. The van der Waals surface area contributed by atoms with Crippen molar-refractivity contribution in [1.29, 1.82) is 0 Å². The van der Waals surface area contributed by atoms with Gasteiger partial charge < -0.3 is 44.8 Å². The summed E-state index contributed by atoms with van der Waals surface area (Å²) in [7, 11) is -12.6. The number of hydrogen-bond donors (Lipinski definition) is 9. The van der Waals surface area contributed by atoms with Crippen molar-refractivity contribution < 1.29 is 93.9 Å². The van der Waals surface area contributed by atoms with Gasteiger partial charge in [-0.3, -0.25) is 31.6 Å². The van der Waals surface area contributed by atoms with Gasteiger partial charge in [0, 0.05) is 94.5 Å². The number of carbonyl (C=O) groups excluding carboxylic acids is 3. The summed E-state index contributed by atoms with van der Waals surface area (Å²) in [5, 5.41) is 58.4. The molecule has 14 atom stereocenters. The number of aliphatic hydroxyl groups is 3. The summed E-state index contributed by atoms with van der Waals surface area (Å²) in [6.45, 7) is 4.39. The fourth-order valence-electron chi connectivity index (χ4n) is 13.0. The molecule has 32 nitrogen and oxygen atoms in total. The van der Waals surface area contributed by atoms with Crippen LogP contribution in [0.2, 0.25) is 0 Å². The van der Waals surface area contributed by atoms with Gasteiger partial charge in [0.05, 0.1) is 85.0 Å². The highest BCUT2D eigenvalue weighted by atomic mass is 79.9. The largest absolute Gasteiger partial charge is 0.454 e. The van der Waals surface area contributed by atoms with Crippen LogP contribution >= 0.6 is 15.9 Å². The van der Waals surface area contributed by atoms with E-state index >= 15 is 0 Å². The number of terminal acetylenes is 1. The summed E-state index contributed by atoms with van der Waals surface area (Å²) in [6.07, 6.45) is 10.8. The SMILES string of the molecule is C#Cc1cccc(C(C)n2ccc(C(=O)c3cncnc3N[C@@H]3C[C@H](COS(N)(=O)=O)[C@@H](O)C3)n2)c1.CC(c1ccc(C(F)(F)F)o1)n1ccc(C(=O)c2cncnc2N[C@@H]2C[C@H](COS(N)(=O)=O)[C@@H](O)[C@@H]2F)c1.CCC(c1cccc(Br)c1)n1ccc(C(=O)c2cncnc2N[C@@H]2C[C@H](COS(N)(=O)=O)[C@@H](O)[C@@H]2F)c1. The molecule has 7 heterocycles. The van der Waals surface area contributed by atoms with Gasteiger partial charge >= 0.3 is 37.1 Å². The Hall–Kier alpha value is -9.68. The van der Waals surface area contributed by atoms with Gasteiger partial charge in [0.2, 0.25) is 11.5 Å². The highest BCUT2D eigenvalue weighted by molar-refractivity contribution is 9.10. The topological polar surface area (TPSA) is 474 Å². The molecule has 3 aliphatic carbocycles. The predicted octanol–water partition coefficient (Wildman–Crippen LogP) is 6.71. The Balaban J connectivity index is 0.000000177. The number of nitrogens with two attached hydrogens (primary N) is 3. The summed E-state index contributed by atoms with van der Waals surface area (Å²) in [5.41, 5.74) is 3.93. The number of halogens is 6. The molecule has 12 N–H and O–H groups in total. The number of furan rings is 1. The lowest BCUT2D eigenvalue weighted by molar-refractivity contribution is -0.153. The number of carbonyl (C=O) groups is 3. The van der Waals surface area contributed by atoms with Crippen LogP contribution in [0.3, 0.4) is 0 Å². The molecule has 111 heavy (non-hydrogen) atoms. The van der Waals surface area contributed by atoms with Gasteiger partial charge in [-0.2, -0.15) is 43.5 Å². The third kappa shape index (κ3) is 21.7. The molecule has 41 heteroatoms. The molecule has 3 fully saturated rings. The number of anilines is 3. The van der Waals surface area contributed by atoms with Crippen molar-refractivity contribution >= 4 is 81.6 Å². The Morgan fingerprint density at radius 3 is 1.64 bits per heavy atom. The van der Waals surface area contributed by atoms with Gasteiger partial charge in [-0.25, -0.2) is 54.1 Å². The third-order valence-corrected chi connectivity index (χ3v) is 20.7. The maximum Gasteiger partial charge on any atom is 0.449 e. The normalized spacial score (nSPS) is 22.1.